The van der Waals surface area contributed by atoms with Gasteiger partial charge in [-0.1, -0.05) is 20.3 Å². The van der Waals surface area contributed by atoms with Crippen LogP contribution in [0.4, 0.5) is 11.4 Å². The predicted octanol–water partition coefficient (Wildman–Crippen LogP) is 2.36. The van der Waals surface area contributed by atoms with E-state index in [1.54, 1.807) is 0 Å². The summed E-state index contributed by atoms with van der Waals surface area (Å²) in [5.74, 6) is -0.0252. The Morgan fingerprint density at radius 3 is 2.25 bits per heavy atom. The van der Waals surface area contributed by atoms with Crippen LogP contribution < -0.4 is 16.0 Å². The van der Waals surface area contributed by atoms with E-state index in [2.05, 4.69) is 22.9 Å². The molecular weight excluding hydrogens is 254 g/mol. The standard InChI is InChI=1S/C15H23N3O2/c1-3-5-10-16-15(20)11-17-12-6-8-13(9-7-12)18-14(19)4-2/h6-9,17H,3-5,10-11H2,1-2H3,(H,16,20)(H,18,19). The zero-order chi connectivity index (χ0) is 14.8. The number of rotatable bonds is 8. The normalized spacial score (nSPS) is 9.90. The molecule has 1 aromatic rings. The fourth-order valence-corrected chi connectivity index (χ4v) is 1.57. The number of anilines is 2. The lowest BCUT2D eigenvalue weighted by Gasteiger charge is -2.08. The minimum atomic E-state index is -0.0130. The second-order valence-corrected chi connectivity index (χ2v) is 4.54. The molecule has 0 saturated carbocycles. The van der Waals surface area contributed by atoms with Gasteiger partial charge in [0.25, 0.3) is 0 Å². The predicted molar refractivity (Wildman–Crippen MR) is 81.8 cm³/mol. The molecule has 1 rings (SSSR count). The van der Waals surface area contributed by atoms with Gasteiger partial charge in [0.1, 0.15) is 0 Å². The summed E-state index contributed by atoms with van der Waals surface area (Å²) in [7, 11) is 0. The Balaban J connectivity index is 2.34. The molecule has 0 fully saturated rings. The molecule has 1 aromatic carbocycles. The third kappa shape index (κ3) is 6.22. The van der Waals surface area contributed by atoms with E-state index >= 15 is 0 Å². The highest BCUT2D eigenvalue weighted by molar-refractivity contribution is 5.90. The zero-order valence-corrected chi connectivity index (χ0v) is 12.2. The van der Waals surface area contributed by atoms with E-state index in [-0.39, 0.29) is 18.4 Å². The van der Waals surface area contributed by atoms with E-state index in [0.717, 1.165) is 30.8 Å². The highest BCUT2D eigenvalue weighted by atomic mass is 16.2. The third-order valence-electron chi connectivity index (χ3n) is 2.80. The van der Waals surface area contributed by atoms with Crippen molar-refractivity contribution < 1.29 is 9.59 Å². The lowest BCUT2D eigenvalue weighted by Crippen LogP contribution is -2.30. The topological polar surface area (TPSA) is 70.2 Å². The minimum absolute atomic E-state index is 0.0122. The molecule has 0 aromatic heterocycles. The van der Waals surface area contributed by atoms with E-state index in [4.69, 9.17) is 0 Å². The average Bonchev–Trinajstić information content (AvgIpc) is 2.46. The van der Waals surface area contributed by atoms with Crippen molar-refractivity contribution in [3.63, 3.8) is 0 Å². The maximum atomic E-state index is 11.5. The molecule has 0 spiro atoms. The maximum absolute atomic E-state index is 11.5. The molecule has 0 radical (unpaired) electrons. The van der Waals surface area contributed by atoms with E-state index in [9.17, 15) is 9.59 Å². The quantitative estimate of drug-likeness (QED) is 0.639. The van der Waals surface area contributed by atoms with E-state index in [1.807, 2.05) is 31.2 Å². The van der Waals surface area contributed by atoms with Crippen LogP contribution in [0.3, 0.4) is 0 Å². The summed E-state index contributed by atoms with van der Waals surface area (Å²) in [6.07, 6.45) is 2.52. The van der Waals surface area contributed by atoms with Crippen molar-refractivity contribution in [1.82, 2.24) is 5.32 Å². The number of unbranched alkanes of at least 4 members (excludes halogenated alkanes) is 1. The van der Waals surface area contributed by atoms with Crippen LogP contribution in [0.5, 0.6) is 0 Å². The van der Waals surface area contributed by atoms with E-state index in [0.29, 0.717) is 6.42 Å². The van der Waals surface area contributed by atoms with Crippen LogP contribution in [-0.2, 0) is 9.59 Å². The second-order valence-electron chi connectivity index (χ2n) is 4.54. The molecule has 0 saturated heterocycles. The largest absolute Gasteiger partial charge is 0.376 e. The van der Waals surface area contributed by atoms with E-state index in [1.165, 1.54) is 0 Å². The number of carbonyl (C=O) groups is 2. The average molecular weight is 277 g/mol. The highest BCUT2D eigenvalue weighted by Crippen LogP contribution is 2.13. The lowest BCUT2D eigenvalue weighted by atomic mass is 10.2. The number of hydrogen-bond acceptors (Lipinski definition) is 3. The van der Waals surface area contributed by atoms with Gasteiger partial charge in [-0.3, -0.25) is 9.59 Å². The fraction of sp³-hybridized carbons (Fsp3) is 0.467. The molecule has 110 valence electrons. The Morgan fingerprint density at radius 1 is 1.00 bits per heavy atom. The first-order chi connectivity index (χ1) is 9.65. The van der Waals surface area contributed by atoms with Gasteiger partial charge in [0.2, 0.25) is 11.8 Å². The van der Waals surface area contributed by atoms with Gasteiger partial charge in [-0.15, -0.1) is 0 Å². The molecule has 0 bridgehead atoms. The van der Waals surface area contributed by atoms with Gasteiger partial charge >= 0.3 is 0 Å². The molecule has 5 nitrogen and oxygen atoms in total. The molecule has 0 atom stereocenters. The van der Waals surface area contributed by atoms with Crippen molar-refractivity contribution in [3.05, 3.63) is 24.3 Å². The summed E-state index contributed by atoms with van der Waals surface area (Å²) in [6.45, 7) is 4.87. The van der Waals surface area contributed by atoms with Crippen molar-refractivity contribution in [2.45, 2.75) is 33.1 Å². The van der Waals surface area contributed by atoms with E-state index < -0.39 is 0 Å². The van der Waals surface area contributed by atoms with Gasteiger partial charge in [-0.2, -0.15) is 0 Å². The van der Waals surface area contributed by atoms with Crippen LogP contribution in [0.15, 0.2) is 24.3 Å². The van der Waals surface area contributed by atoms with Gasteiger partial charge in [0.05, 0.1) is 6.54 Å². The first-order valence-electron chi connectivity index (χ1n) is 7.06. The van der Waals surface area contributed by atoms with Crippen LogP contribution in [0.2, 0.25) is 0 Å². The van der Waals surface area contributed by atoms with Crippen LogP contribution >= 0.6 is 0 Å². The Morgan fingerprint density at radius 2 is 1.65 bits per heavy atom. The molecule has 5 heteroatoms. The lowest BCUT2D eigenvalue weighted by molar-refractivity contribution is -0.119. The smallest absolute Gasteiger partial charge is 0.239 e. The van der Waals surface area contributed by atoms with Crippen LogP contribution in [0.25, 0.3) is 0 Å². The van der Waals surface area contributed by atoms with Gasteiger partial charge in [0, 0.05) is 24.3 Å². The third-order valence-corrected chi connectivity index (χ3v) is 2.80. The van der Waals surface area contributed by atoms with Crippen molar-refractivity contribution in [2.24, 2.45) is 0 Å². The molecule has 0 unspecified atom stereocenters. The molecule has 0 heterocycles. The number of nitrogens with one attached hydrogen (secondary N) is 3. The van der Waals surface area contributed by atoms with Gasteiger partial charge in [-0.05, 0) is 30.7 Å². The monoisotopic (exact) mass is 277 g/mol. The molecule has 0 aliphatic rings. The summed E-state index contributed by atoms with van der Waals surface area (Å²) in [6, 6.07) is 7.30. The number of hydrogen-bond donors (Lipinski definition) is 3. The minimum Gasteiger partial charge on any atom is -0.376 e. The molecule has 3 N–H and O–H groups in total. The second kappa shape index (κ2) is 8.96. The summed E-state index contributed by atoms with van der Waals surface area (Å²) in [5.41, 5.74) is 1.61. The van der Waals surface area contributed by atoms with Gasteiger partial charge < -0.3 is 16.0 Å². The van der Waals surface area contributed by atoms with Crippen molar-refractivity contribution in [3.8, 4) is 0 Å². The number of carbonyl (C=O) groups excluding carboxylic acids is 2. The van der Waals surface area contributed by atoms with Crippen molar-refractivity contribution in [2.75, 3.05) is 23.7 Å². The van der Waals surface area contributed by atoms with Gasteiger partial charge in [0.15, 0.2) is 0 Å². The summed E-state index contributed by atoms with van der Waals surface area (Å²) in [4.78, 5) is 22.7. The Labute approximate surface area is 120 Å². The first kappa shape index (κ1) is 16.0. The van der Waals surface area contributed by atoms with Crippen molar-refractivity contribution >= 4 is 23.2 Å². The van der Waals surface area contributed by atoms with Crippen LogP contribution in [0, 0.1) is 0 Å². The highest BCUT2D eigenvalue weighted by Gasteiger charge is 2.01. The van der Waals surface area contributed by atoms with Crippen LogP contribution in [0.1, 0.15) is 33.1 Å². The summed E-state index contributed by atoms with van der Waals surface area (Å²) >= 11 is 0. The molecular formula is C15H23N3O2. The summed E-state index contributed by atoms with van der Waals surface area (Å²) < 4.78 is 0. The Hall–Kier alpha value is -2.04. The summed E-state index contributed by atoms with van der Waals surface area (Å²) in [5, 5.41) is 8.65. The SMILES string of the molecule is CCCCNC(=O)CNc1ccc(NC(=O)CC)cc1. The molecule has 2 amide bonds. The Bertz CT molecular complexity index is 429. The molecule has 20 heavy (non-hydrogen) atoms. The van der Waals surface area contributed by atoms with Gasteiger partial charge in [-0.25, -0.2) is 0 Å². The molecule has 0 aliphatic carbocycles. The first-order valence-corrected chi connectivity index (χ1v) is 7.06. The number of amides is 2. The Kier molecular flexibility index (Phi) is 7.17. The number of benzene rings is 1. The van der Waals surface area contributed by atoms with Crippen molar-refractivity contribution in [1.29, 1.82) is 0 Å². The maximum Gasteiger partial charge on any atom is 0.239 e. The molecule has 0 aliphatic heterocycles. The zero-order valence-electron chi connectivity index (χ0n) is 12.2. The fourth-order valence-electron chi connectivity index (χ4n) is 1.57. The van der Waals surface area contributed by atoms with Crippen LogP contribution in [-0.4, -0.2) is 24.9 Å².